The van der Waals surface area contributed by atoms with E-state index in [1.807, 2.05) is 54.6 Å². The fourth-order valence-corrected chi connectivity index (χ4v) is 2.93. The summed E-state index contributed by atoms with van der Waals surface area (Å²) in [5, 5.41) is 5.48. The molecule has 0 spiro atoms. The molecule has 3 aromatic rings. The average Bonchev–Trinajstić information content (AvgIpc) is 3.07. The number of rotatable bonds is 3. The van der Waals surface area contributed by atoms with Gasteiger partial charge in [-0.15, -0.1) is 0 Å². The summed E-state index contributed by atoms with van der Waals surface area (Å²) in [5.41, 5.74) is 2.93. The van der Waals surface area contributed by atoms with Crippen LogP contribution in [0.5, 0.6) is 0 Å². The second-order valence-electron chi connectivity index (χ2n) is 6.16. The van der Waals surface area contributed by atoms with Gasteiger partial charge in [-0.3, -0.25) is 9.59 Å². The van der Waals surface area contributed by atoms with E-state index in [4.69, 9.17) is 4.42 Å². The highest BCUT2D eigenvalue weighted by Gasteiger charge is 2.27. The molecule has 0 fully saturated rings. The van der Waals surface area contributed by atoms with Crippen molar-refractivity contribution in [1.82, 2.24) is 5.32 Å². The average molecular weight is 359 g/mol. The summed E-state index contributed by atoms with van der Waals surface area (Å²) >= 11 is 0. The van der Waals surface area contributed by atoms with Crippen molar-refractivity contribution in [3.05, 3.63) is 89.4 Å². The number of fused-ring (bicyclic) bond motifs is 1. The van der Waals surface area contributed by atoms with E-state index < -0.39 is 18.0 Å². The van der Waals surface area contributed by atoms with Crippen molar-refractivity contribution >= 4 is 23.2 Å². The van der Waals surface area contributed by atoms with Gasteiger partial charge in [-0.05, 0) is 25.1 Å². The van der Waals surface area contributed by atoms with Crippen molar-refractivity contribution in [3.8, 4) is 0 Å². The lowest BCUT2D eigenvalue weighted by molar-refractivity contribution is -0.117. The lowest BCUT2D eigenvalue weighted by Crippen LogP contribution is -2.42. The van der Waals surface area contributed by atoms with Gasteiger partial charge < -0.3 is 15.1 Å². The summed E-state index contributed by atoms with van der Waals surface area (Å²) in [5.74, 6) is -0.153. The van der Waals surface area contributed by atoms with Gasteiger partial charge in [0.25, 0.3) is 11.8 Å². The van der Waals surface area contributed by atoms with E-state index in [0.717, 1.165) is 11.1 Å². The fraction of sp³-hybridized carbons (Fsp3) is 0.0952. The van der Waals surface area contributed by atoms with Gasteiger partial charge in [-0.2, -0.15) is 0 Å². The van der Waals surface area contributed by atoms with Gasteiger partial charge in [0.1, 0.15) is 5.76 Å². The summed E-state index contributed by atoms with van der Waals surface area (Å²) in [7, 11) is 0. The number of para-hydroxylation sites is 1. The van der Waals surface area contributed by atoms with Crippen LogP contribution in [0.1, 0.15) is 27.4 Å². The molecular formula is C21H17N3O3. The number of anilines is 1. The van der Waals surface area contributed by atoms with Gasteiger partial charge >= 0.3 is 0 Å². The minimum Gasteiger partial charge on any atom is -0.456 e. The predicted molar refractivity (Wildman–Crippen MR) is 102 cm³/mol. The normalized spacial score (nSPS) is 16.0. The number of carbonyl (C=O) groups excluding carboxylic acids is 2. The minimum atomic E-state index is -1.08. The maximum atomic E-state index is 12.7. The third-order valence-electron chi connectivity index (χ3n) is 4.23. The highest BCUT2D eigenvalue weighted by atomic mass is 16.3. The van der Waals surface area contributed by atoms with E-state index in [9.17, 15) is 9.59 Å². The van der Waals surface area contributed by atoms with Crippen LogP contribution in [-0.4, -0.2) is 23.7 Å². The van der Waals surface area contributed by atoms with Crippen LogP contribution in [0.2, 0.25) is 0 Å². The molecule has 134 valence electrons. The molecule has 0 saturated heterocycles. The number of benzene rings is 2. The summed E-state index contributed by atoms with van der Waals surface area (Å²) < 4.78 is 5.33. The molecule has 2 aromatic carbocycles. The van der Waals surface area contributed by atoms with Crippen molar-refractivity contribution in [2.45, 2.75) is 13.1 Å². The first-order valence-corrected chi connectivity index (χ1v) is 8.52. The van der Waals surface area contributed by atoms with Crippen molar-refractivity contribution in [2.24, 2.45) is 4.99 Å². The Morgan fingerprint density at radius 1 is 1.04 bits per heavy atom. The molecule has 6 nitrogen and oxygen atoms in total. The number of nitrogens with zero attached hydrogens (tertiary/aromatic N) is 1. The largest absolute Gasteiger partial charge is 0.456 e. The molecule has 2 heterocycles. The molecule has 1 atom stereocenters. The molecule has 0 saturated carbocycles. The standard InChI is InChI=1S/C21H17N3O3/c1-13-11-12-17(27-13)20(25)24-19-21(26)22-16-10-6-5-9-15(16)18(23-19)14-7-3-2-4-8-14/h2-12,19H,1H3,(H,22,26)(H,24,25). The molecule has 0 aliphatic carbocycles. The molecule has 0 radical (unpaired) electrons. The van der Waals surface area contributed by atoms with E-state index in [0.29, 0.717) is 17.2 Å². The predicted octanol–water partition coefficient (Wildman–Crippen LogP) is 3.13. The second kappa shape index (κ2) is 6.92. The van der Waals surface area contributed by atoms with Gasteiger partial charge in [0.05, 0.1) is 11.4 Å². The molecule has 1 aromatic heterocycles. The highest BCUT2D eigenvalue weighted by molar-refractivity contribution is 6.19. The molecule has 1 aliphatic heterocycles. The van der Waals surface area contributed by atoms with Gasteiger partial charge in [-0.1, -0.05) is 48.5 Å². The number of carbonyl (C=O) groups is 2. The van der Waals surface area contributed by atoms with E-state index in [2.05, 4.69) is 15.6 Å². The second-order valence-corrected chi connectivity index (χ2v) is 6.16. The topological polar surface area (TPSA) is 83.7 Å². The number of aliphatic imine (C=N–C) groups is 1. The number of nitrogens with one attached hydrogen (secondary N) is 2. The zero-order chi connectivity index (χ0) is 18.8. The molecule has 2 N–H and O–H groups in total. The van der Waals surface area contributed by atoms with Crippen molar-refractivity contribution in [3.63, 3.8) is 0 Å². The Morgan fingerprint density at radius 2 is 1.78 bits per heavy atom. The first kappa shape index (κ1) is 16.8. The first-order valence-electron chi connectivity index (χ1n) is 8.52. The van der Waals surface area contributed by atoms with Gasteiger partial charge in [0, 0.05) is 11.1 Å². The van der Waals surface area contributed by atoms with Crippen LogP contribution in [0.15, 0.2) is 76.1 Å². The Morgan fingerprint density at radius 3 is 2.52 bits per heavy atom. The molecule has 2 amide bonds. The summed E-state index contributed by atoms with van der Waals surface area (Å²) in [6, 6.07) is 20.2. The quantitative estimate of drug-likeness (QED) is 0.753. The SMILES string of the molecule is Cc1ccc(C(=O)NC2N=C(c3ccccc3)c3ccccc3NC2=O)o1. The lowest BCUT2D eigenvalue weighted by atomic mass is 10.0. The summed E-state index contributed by atoms with van der Waals surface area (Å²) in [6.45, 7) is 1.75. The smallest absolute Gasteiger partial charge is 0.289 e. The van der Waals surface area contributed by atoms with E-state index >= 15 is 0 Å². The number of benzodiazepines with no additional fused rings is 1. The van der Waals surface area contributed by atoms with E-state index in [-0.39, 0.29) is 5.76 Å². The Labute approximate surface area is 155 Å². The maximum absolute atomic E-state index is 12.7. The van der Waals surface area contributed by atoms with Gasteiger partial charge in [-0.25, -0.2) is 4.99 Å². The van der Waals surface area contributed by atoms with Crippen LogP contribution in [0.3, 0.4) is 0 Å². The Kier molecular flexibility index (Phi) is 4.30. The molecule has 27 heavy (non-hydrogen) atoms. The minimum absolute atomic E-state index is 0.138. The third-order valence-corrected chi connectivity index (χ3v) is 4.23. The van der Waals surface area contributed by atoms with Crippen LogP contribution in [0.25, 0.3) is 0 Å². The number of hydrogen-bond acceptors (Lipinski definition) is 4. The van der Waals surface area contributed by atoms with Crippen molar-refractivity contribution in [2.75, 3.05) is 5.32 Å². The highest BCUT2D eigenvalue weighted by Crippen LogP contribution is 2.23. The van der Waals surface area contributed by atoms with E-state index in [1.165, 1.54) is 0 Å². The Bertz CT molecular complexity index is 1040. The summed E-state index contributed by atoms with van der Waals surface area (Å²) in [6.07, 6.45) is -1.08. The van der Waals surface area contributed by atoms with E-state index in [1.54, 1.807) is 19.1 Å². The van der Waals surface area contributed by atoms with Crippen molar-refractivity contribution in [1.29, 1.82) is 0 Å². The zero-order valence-electron chi connectivity index (χ0n) is 14.6. The van der Waals surface area contributed by atoms with Gasteiger partial charge in [0.15, 0.2) is 5.76 Å². The molecule has 0 bridgehead atoms. The van der Waals surface area contributed by atoms with Crippen LogP contribution in [0, 0.1) is 6.92 Å². The third kappa shape index (κ3) is 3.37. The Hall–Kier alpha value is -3.67. The number of hydrogen-bond donors (Lipinski definition) is 2. The monoisotopic (exact) mass is 359 g/mol. The first-order chi connectivity index (χ1) is 13.1. The van der Waals surface area contributed by atoms with Crippen LogP contribution in [-0.2, 0) is 4.79 Å². The molecular weight excluding hydrogens is 342 g/mol. The number of amides is 2. The van der Waals surface area contributed by atoms with Crippen LogP contribution in [0.4, 0.5) is 5.69 Å². The molecule has 6 heteroatoms. The molecule has 4 rings (SSSR count). The summed E-state index contributed by atoms with van der Waals surface area (Å²) in [4.78, 5) is 29.7. The fourth-order valence-electron chi connectivity index (χ4n) is 2.93. The molecule has 1 aliphatic rings. The Balaban J connectivity index is 1.74. The number of furan rings is 1. The zero-order valence-corrected chi connectivity index (χ0v) is 14.6. The van der Waals surface area contributed by atoms with Crippen LogP contribution >= 0.6 is 0 Å². The molecule has 1 unspecified atom stereocenters. The number of aryl methyl sites for hydroxylation is 1. The van der Waals surface area contributed by atoms with Crippen molar-refractivity contribution < 1.29 is 14.0 Å². The maximum Gasteiger partial charge on any atom is 0.289 e. The lowest BCUT2D eigenvalue weighted by Gasteiger charge is -2.12. The van der Waals surface area contributed by atoms with Gasteiger partial charge in [0.2, 0.25) is 6.17 Å². The van der Waals surface area contributed by atoms with Crippen LogP contribution < -0.4 is 10.6 Å².